The lowest BCUT2D eigenvalue weighted by atomic mass is 9.49. The highest BCUT2D eigenvalue weighted by Gasteiger charge is 2.53. The molecule has 2 saturated carbocycles. The van der Waals surface area contributed by atoms with Gasteiger partial charge in [-0.15, -0.1) is 0 Å². The van der Waals surface area contributed by atoms with Gasteiger partial charge in [0.25, 0.3) is 0 Å². The van der Waals surface area contributed by atoms with E-state index in [1.165, 1.54) is 53.5 Å². The first-order valence-corrected chi connectivity index (χ1v) is 23.9. The van der Waals surface area contributed by atoms with E-state index in [2.05, 4.69) is 113 Å². The quantitative estimate of drug-likeness (QED) is 0.107. The molecular weight excluding hydrogens is 769 g/mol. The highest BCUT2D eigenvalue weighted by Crippen LogP contribution is 2.59. The maximum absolute atomic E-state index is 13.1. The van der Waals surface area contributed by atoms with Gasteiger partial charge >= 0.3 is 23.6 Å². The minimum atomic E-state index is -0.661. The van der Waals surface area contributed by atoms with Crippen molar-refractivity contribution in [2.24, 2.45) is 22.7 Å². The Morgan fingerprint density at radius 2 is 1.05 bits per heavy atom. The van der Waals surface area contributed by atoms with E-state index < -0.39 is 23.6 Å². The maximum Gasteiger partial charge on any atom is 0.309 e. The summed E-state index contributed by atoms with van der Waals surface area (Å²) in [7, 11) is 0. The van der Waals surface area contributed by atoms with Crippen molar-refractivity contribution in [2.45, 2.75) is 168 Å². The van der Waals surface area contributed by atoms with Crippen LogP contribution in [0.2, 0.25) is 0 Å². The van der Waals surface area contributed by atoms with E-state index in [0.29, 0.717) is 36.8 Å². The molecule has 8 heteroatoms. The Kier molecular flexibility index (Phi) is 13.5. The molecule has 8 nitrogen and oxygen atoms in total. The second-order valence-corrected chi connectivity index (χ2v) is 21.4. The third-order valence-electron chi connectivity index (χ3n) is 16.5. The summed E-state index contributed by atoms with van der Waals surface area (Å²) >= 11 is 0. The van der Waals surface area contributed by atoms with Crippen molar-refractivity contribution >= 4 is 23.6 Å². The van der Waals surface area contributed by atoms with Crippen LogP contribution in [0.1, 0.15) is 176 Å². The van der Waals surface area contributed by atoms with E-state index in [1.54, 1.807) is 5.56 Å². The first-order valence-electron chi connectivity index (χ1n) is 23.9. The van der Waals surface area contributed by atoms with Crippen molar-refractivity contribution in [1.82, 2.24) is 21.3 Å². The maximum atomic E-state index is 13.1. The van der Waals surface area contributed by atoms with Crippen molar-refractivity contribution < 1.29 is 19.2 Å². The fourth-order valence-electron chi connectivity index (χ4n) is 13.0. The van der Waals surface area contributed by atoms with Crippen LogP contribution < -0.4 is 21.3 Å². The van der Waals surface area contributed by atoms with Gasteiger partial charge < -0.3 is 21.3 Å². The summed E-state index contributed by atoms with van der Waals surface area (Å²) in [6.07, 6.45) is 13.2. The molecule has 6 atom stereocenters. The number of nitrogens with one attached hydrogen (secondary N) is 4. The molecule has 0 radical (unpaired) electrons. The molecule has 4 aliphatic carbocycles. The van der Waals surface area contributed by atoms with Crippen molar-refractivity contribution in [3.8, 4) is 0 Å². The third kappa shape index (κ3) is 9.26. The summed E-state index contributed by atoms with van der Waals surface area (Å²) < 4.78 is 0. The number of hydrogen-bond acceptors (Lipinski definition) is 4. The molecule has 2 fully saturated rings. The second-order valence-electron chi connectivity index (χ2n) is 21.4. The SMILES string of the molecule is CC(C)c1ccc2c(c1)CC[C@H]1C(C)(CCCNC(=O)C(=O)NCc3cccc(CNC(=O)C(=O)NCC4(C)CCCC5(C)c6ccc(C(C)C)cc6CC[C@@H]45)c3)CCCC21C. The fraction of sp³-hybridized carbons (Fsp3) is 0.593. The molecule has 0 bridgehead atoms. The molecule has 4 aliphatic rings. The lowest BCUT2D eigenvalue weighted by molar-refractivity contribution is -0.139. The Morgan fingerprint density at radius 1 is 0.581 bits per heavy atom. The Labute approximate surface area is 372 Å². The zero-order chi connectivity index (χ0) is 44.5. The molecule has 0 spiro atoms. The average molecular weight is 843 g/mol. The van der Waals surface area contributed by atoms with Crippen molar-refractivity contribution in [1.29, 1.82) is 0 Å². The van der Waals surface area contributed by atoms with Gasteiger partial charge in [0.2, 0.25) is 0 Å². The molecule has 334 valence electrons. The molecule has 4 amide bonds. The molecule has 62 heavy (non-hydrogen) atoms. The largest absolute Gasteiger partial charge is 0.348 e. The second kappa shape index (κ2) is 18.3. The minimum absolute atomic E-state index is 0.0510. The molecule has 0 saturated heterocycles. The number of benzene rings is 3. The number of carbonyl (C=O) groups excluding carboxylic acids is 4. The monoisotopic (exact) mass is 843 g/mol. The van der Waals surface area contributed by atoms with Gasteiger partial charge in [0, 0.05) is 26.2 Å². The molecule has 0 aromatic heterocycles. The van der Waals surface area contributed by atoms with Crippen LogP contribution in [0.5, 0.6) is 0 Å². The zero-order valence-corrected chi connectivity index (χ0v) is 39.0. The first-order chi connectivity index (χ1) is 29.5. The molecule has 4 N–H and O–H groups in total. The minimum Gasteiger partial charge on any atom is -0.348 e. The summed E-state index contributed by atoms with van der Waals surface area (Å²) in [6, 6.07) is 21.7. The number of amides is 4. The average Bonchev–Trinajstić information content (AvgIpc) is 3.25. The molecule has 4 unspecified atom stereocenters. The molecule has 7 rings (SSSR count). The lowest BCUT2D eigenvalue weighted by Gasteiger charge is -2.56. The van der Waals surface area contributed by atoms with E-state index in [1.807, 2.05) is 24.3 Å². The van der Waals surface area contributed by atoms with E-state index in [-0.39, 0.29) is 34.7 Å². The van der Waals surface area contributed by atoms with Gasteiger partial charge in [0.15, 0.2) is 0 Å². The Hall–Kier alpha value is -4.46. The first kappa shape index (κ1) is 45.6. The number of hydrogen-bond donors (Lipinski definition) is 4. The standard InChI is InChI=1S/C54H74N4O4/c1-35(2)39-15-19-43-41(30-39)17-21-45-51(5,23-10-26-53(43,45)7)25-12-28-55-47(59)48(60)56-32-37-13-9-14-38(29-37)33-57-49(61)50(62)58-34-52(6)24-11-27-54(8)44-20-16-40(36(3)4)31-42(44)18-22-46(52)54/h9,13-16,19-20,29-31,35-36,45-46H,10-12,17-18,21-28,32-34H2,1-8H3,(H,55,59)(H,56,60)(H,57,61)(H,58,62)/t45-,46-,51?,52?,53?,54?/m0/s1. The van der Waals surface area contributed by atoms with Gasteiger partial charge in [-0.25, -0.2) is 0 Å². The van der Waals surface area contributed by atoms with Crippen LogP contribution in [0.4, 0.5) is 0 Å². The normalized spacial score (nSPS) is 27.6. The van der Waals surface area contributed by atoms with E-state index in [9.17, 15) is 19.2 Å². The predicted octanol–water partition coefficient (Wildman–Crippen LogP) is 9.60. The van der Waals surface area contributed by atoms with Gasteiger partial charge in [-0.05, 0) is 154 Å². The number of carbonyl (C=O) groups is 4. The Morgan fingerprint density at radius 3 is 1.56 bits per heavy atom. The van der Waals surface area contributed by atoms with Crippen molar-refractivity contribution in [2.75, 3.05) is 13.1 Å². The Balaban J connectivity index is 0.835. The third-order valence-corrected chi connectivity index (χ3v) is 16.5. The smallest absolute Gasteiger partial charge is 0.309 e. The number of rotatable bonds is 12. The van der Waals surface area contributed by atoms with Crippen LogP contribution in [0.15, 0.2) is 60.7 Å². The van der Waals surface area contributed by atoms with Gasteiger partial charge in [-0.2, -0.15) is 0 Å². The summed E-state index contributed by atoms with van der Waals surface area (Å²) in [5.74, 6) is -0.499. The molecule has 0 heterocycles. The Bertz CT molecular complexity index is 2160. The molecular formula is C54H74N4O4. The number of fused-ring (bicyclic) bond motifs is 6. The highest BCUT2D eigenvalue weighted by atomic mass is 16.2. The molecule has 0 aliphatic heterocycles. The van der Waals surface area contributed by atoms with Crippen LogP contribution >= 0.6 is 0 Å². The van der Waals surface area contributed by atoms with Crippen LogP contribution in [0, 0.1) is 22.7 Å². The fourth-order valence-corrected chi connectivity index (χ4v) is 13.0. The van der Waals surface area contributed by atoms with Crippen LogP contribution in [0.3, 0.4) is 0 Å². The summed E-state index contributed by atoms with van der Waals surface area (Å²) in [5, 5.41) is 11.4. The lowest BCUT2D eigenvalue weighted by Crippen LogP contribution is -2.54. The van der Waals surface area contributed by atoms with E-state index in [0.717, 1.165) is 62.5 Å². The van der Waals surface area contributed by atoms with E-state index >= 15 is 0 Å². The van der Waals surface area contributed by atoms with Gasteiger partial charge in [-0.3, -0.25) is 19.2 Å². The molecule has 3 aromatic rings. The van der Waals surface area contributed by atoms with Crippen molar-refractivity contribution in [3.63, 3.8) is 0 Å². The van der Waals surface area contributed by atoms with E-state index in [4.69, 9.17) is 0 Å². The molecule has 3 aromatic carbocycles. The van der Waals surface area contributed by atoms with Crippen molar-refractivity contribution in [3.05, 3.63) is 105 Å². The predicted molar refractivity (Wildman–Crippen MR) is 249 cm³/mol. The van der Waals surface area contributed by atoms with Gasteiger partial charge in [0.05, 0.1) is 0 Å². The zero-order valence-electron chi connectivity index (χ0n) is 39.0. The van der Waals surface area contributed by atoms with Crippen LogP contribution in [0.25, 0.3) is 0 Å². The van der Waals surface area contributed by atoms with Crippen LogP contribution in [-0.2, 0) is 55.9 Å². The summed E-state index contributed by atoms with van der Waals surface area (Å²) in [4.78, 5) is 51.8. The van der Waals surface area contributed by atoms with Gasteiger partial charge in [-0.1, -0.05) is 129 Å². The van der Waals surface area contributed by atoms with Gasteiger partial charge in [0.1, 0.15) is 0 Å². The highest BCUT2D eigenvalue weighted by molar-refractivity contribution is 6.35. The summed E-state index contributed by atoms with van der Waals surface area (Å²) in [5.41, 5.74) is 10.8. The number of aryl methyl sites for hydroxylation is 2. The summed E-state index contributed by atoms with van der Waals surface area (Å²) in [6.45, 7) is 20.0. The van der Waals surface area contributed by atoms with Crippen LogP contribution in [-0.4, -0.2) is 36.7 Å². The topological polar surface area (TPSA) is 116 Å².